The molecular weight excluding hydrogens is 148 g/mol. The Morgan fingerprint density at radius 2 is 1.50 bits per heavy atom. The van der Waals surface area contributed by atoms with Gasteiger partial charge in [0.25, 0.3) is 0 Å². The predicted molar refractivity (Wildman–Crippen MR) is 56.0 cm³/mol. The zero-order chi connectivity index (χ0) is 9.56. The van der Waals surface area contributed by atoms with E-state index in [1.54, 1.807) is 0 Å². The van der Waals surface area contributed by atoms with Gasteiger partial charge in [0.15, 0.2) is 0 Å². The second-order valence-corrected chi connectivity index (χ2v) is 2.27. The lowest BCUT2D eigenvalue weighted by Crippen LogP contribution is -1.97. The summed E-state index contributed by atoms with van der Waals surface area (Å²) in [5, 5.41) is 0. The molecule has 0 heterocycles. The van der Waals surface area contributed by atoms with Gasteiger partial charge >= 0.3 is 0 Å². The first kappa shape index (κ1) is 10.8. The Labute approximate surface area is 74.6 Å². The molecule has 0 amide bonds. The standard InChI is InChI=1S/C8H12N2.C2H6/c1-2-6-7(9)4-3-5-8(6)10;1-2/h3-5H,2,9-10H2,1H3;1-2H3. The van der Waals surface area contributed by atoms with Gasteiger partial charge in [-0.25, -0.2) is 0 Å². The molecule has 0 fully saturated rings. The fraction of sp³-hybridized carbons (Fsp3) is 0.400. The van der Waals surface area contributed by atoms with Gasteiger partial charge in [0.1, 0.15) is 0 Å². The maximum atomic E-state index is 5.65. The largest absolute Gasteiger partial charge is 0.398 e. The van der Waals surface area contributed by atoms with Crippen LogP contribution in [0.25, 0.3) is 0 Å². The molecule has 1 aromatic rings. The molecule has 0 radical (unpaired) electrons. The molecule has 1 aromatic carbocycles. The average molecular weight is 166 g/mol. The van der Waals surface area contributed by atoms with Gasteiger partial charge in [-0.05, 0) is 24.1 Å². The first-order chi connectivity index (χ1) is 5.75. The summed E-state index contributed by atoms with van der Waals surface area (Å²) in [6, 6.07) is 5.61. The molecule has 0 aliphatic carbocycles. The smallest absolute Gasteiger partial charge is 0.0367 e. The fourth-order valence-corrected chi connectivity index (χ4v) is 1.03. The molecule has 0 saturated heterocycles. The van der Waals surface area contributed by atoms with Crippen molar-refractivity contribution in [2.24, 2.45) is 0 Å². The van der Waals surface area contributed by atoms with Crippen LogP contribution >= 0.6 is 0 Å². The van der Waals surface area contributed by atoms with Crippen molar-refractivity contribution in [2.45, 2.75) is 27.2 Å². The minimum absolute atomic E-state index is 0.794. The van der Waals surface area contributed by atoms with Crippen LogP contribution in [0.2, 0.25) is 0 Å². The van der Waals surface area contributed by atoms with Gasteiger partial charge in [-0.3, -0.25) is 0 Å². The highest BCUT2D eigenvalue weighted by Gasteiger charge is 1.98. The van der Waals surface area contributed by atoms with Crippen LogP contribution < -0.4 is 11.5 Å². The van der Waals surface area contributed by atoms with Crippen molar-refractivity contribution in [1.29, 1.82) is 0 Å². The Morgan fingerprint density at radius 3 is 1.75 bits per heavy atom. The molecule has 2 nitrogen and oxygen atoms in total. The Balaban J connectivity index is 0.000000561. The molecule has 0 saturated carbocycles. The van der Waals surface area contributed by atoms with Crippen LogP contribution in [0.1, 0.15) is 26.3 Å². The van der Waals surface area contributed by atoms with Crippen molar-refractivity contribution in [1.82, 2.24) is 0 Å². The highest BCUT2D eigenvalue weighted by atomic mass is 14.6. The van der Waals surface area contributed by atoms with Crippen LogP contribution in [0.3, 0.4) is 0 Å². The van der Waals surface area contributed by atoms with Crippen molar-refractivity contribution in [3.63, 3.8) is 0 Å². The summed E-state index contributed by atoms with van der Waals surface area (Å²) in [4.78, 5) is 0. The number of rotatable bonds is 1. The van der Waals surface area contributed by atoms with E-state index in [2.05, 4.69) is 0 Å². The molecule has 0 aliphatic rings. The van der Waals surface area contributed by atoms with E-state index in [9.17, 15) is 0 Å². The Morgan fingerprint density at radius 1 is 1.08 bits per heavy atom. The number of nitrogens with two attached hydrogens (primary N) is 2. The first-order valence-corrected chi connectivity index (χ1v) is 4.38. The summed E-state index contributed by atoms with van der Waals surface area (Å²) >= 11 is 0. The molecule has 0 atom stereocenters. The summed E-state index contributed by atoms with van der Waals surface area (Å²) in [6.45, 7) is 6.04. The second kappa shape index (κ2) is 5.47. The SMILES string of the molecule is CC.CCc1c(N)cccc1N. The molecule has 0 unspecified atom stereocenters. The molecule has 0 aliphatic heterocycles. The minimum atomic E-state index is 0.794. The minimum Gasteiger partial charge on any atom is -0.398 e. The van der Waals surface area contributed by atoms with Crippen LogP contribution in [-0.4, -0.2) is 0 Å². The van der Waals surface area contributed by atoms with Gasteiger partial charge in [0.05, 0.1) is 0 Å². The van der Waals surface area contributed by atoms with Crippen LogP contribution in [0, 0.1) is 0 Å². The van der Waals surface area contributed by atoms with Gasteiger partial charge in [-0.1, -0.05) is 26.8 Å². The Bertz CT molecular complexity index is 211. The molecule has 68 valence electrons. The summed E-state index contributed by atoms with van der Waals surface area (Å²) < 4.78 is 0. The van der Waals surface area contributed by atoms with Gasteiger partial charge in [-0.2, -0.15) is 0 Å². The third-order valence-corrected chi connectivity index (χ3v) is 1.60. The summed E-state index contributed by atoms with van der Waals surface area (Å²) in [5.74, 6) is 0. The van der Waals surface area contributed by atoms with E-state index in [0.29, 0.717) is 0 Å². The van der Waals surface area contributed by atoms with Crippen LogP contribution in [0.5, 0.6) is 0 Å². The zero-order valence-electron chi connectivity index (χ0n) is 8.09. The van der Waals surface area contributed by atoms with Crippen molar-refractivity contribution in [3.8, 4) is 0 Å². The second-order valence-electron chi connectivity index (χ2n) is 2.27. The topological polar surface area (TPSA) is 52.0 Å². The molecule has 0 spiro atoms. The Hall–Kier alpha value is -1.18. The van der Waals surface area contributed by atoms with Crippen molar-refractivity contribution in [3.05, 3.63) is 23.8 Å². The lowest BCUT2D eigenvalue weighted by atomic mass is 10.1. The monoisotopic (exact) mass is 166 g/mol. The van der Waals surface area contributed by atoms with Crippen molar-refractivity contribution >= 4 is 11.4 Å². The highest BCUT2D eigenvalue weighted by molar-refractivity contribution is 5.60. The predicted octanol–water partition coefficient (Wildman–Crippen LogP) is 2.44. The molecular formula is C10H18N2. The maximum absolute atomic E-state index is 5.65. The maximum Gasteiger partial charge on any atom is 0.0367 e. The third kappa shape index (κ3) is 2.46. The molecule has 0 aromatic heterocycles. The normalized spacial score (nSPS) is 8.58. The zero-order valence-corrected chi connectivity index (χ0v) is 8.09. The van der Waals surface area contributed by atoms with Crippen LogP contribution in [0.4, 0.5) is 11.4 Å². The summed E-state index contributed by atoms with van der Waals surface area (Å²) in [7, 11) is 0. The lowest BCUT2D eigenvalue weighted by molar-refractivity contribution is 1.15. The average Bonchev–Trinajstić information content (AvgIpc) is 2.08. The highest BCUT2D eigenvalue weighted by Crippen LogP contribution is 2.18. The van der Waals surface area contributed by atoms with E-state index in [4.69, 9.17) is 11.5 Å². The van der Waals surface area contributed by atoms with Gasteiger partial charge in [0, 0.05) is 11.4 Å². The molecule has 4 N–H and O–H groups in total. The van der Waals surface area contributed by atoms with Crippen LogP contribution in [-0.2, 0) is 6.42 Å². The van der Waals surface area contributed by atoms with E-state index < -0.39 is 0 Å². The van der Waals surface area contributed by atoms with Gasteiger partial charge in [-0.15, -0.1) is 0 Å². The number of nitrogen functional groups attached to an aromatic ring is 2. The number of anilines is 2. The quantitative estimate of drug-likeness (QED) is 0.629. The Kier molecular flexibility index (Phi) is 4.93. The van der Waals surface area contributed by atoms with E-state index in [1.165, 1.54) is 0 Å². The first-order valence-electron chi connectivity index (χ1n) is 4.38. The summed E-state index contributed by atoms with van der Waals surface area (Å²) in [6.07, 6.45) is 0.901. The number of hydrogen-bond donors (Lipinski definition) is 2. The molecule has 12 heavy (non-hydrogen) atoms. The van der Waals surface area contributed by atoms with E-state index >= 15 is 0 Å². The van der Waals surface area contributed by atoms with Crippen LogP contribution in [0.15, 0.2) is 18.2 Å². The van der Waals surface area contributed by atoms with Crippen molar-refractivity contribution < 1.29 is 0 Å². The molecule has 2 heteroatoms. The lowest BCUT2D eigenvalue weighted by Gasteiger charge is -2.04. The van der Waals surface area contributed by atoms with E-state index in [1.807, 2.05) is 39.0 Å². The third-order valence-electron chi connectivity index (χ3n) is 1.60. The van der Waals surface area contributed by atoms with Crippen molar-refractivity contribution in [2.75, 3.05) is 11.5 Å². The molecule has 1 rings (SSSR count). The van der Waals surface area contributed by atoms with E-state index in [0.717, 1.165) is 23.4 Å². The summed E-state index contributed by atoms with van der Waals surface area (Å²) in [5.41, 5.74) is 13.9. The fourth-order valence-electron chi connectivity index (χ4n) is 1.03. The van der Waals surface area contributed by atoms with Gasteiger partial charge in [0.2, 0.25) is 0 Å². The molecule has 0 bridgehead atoms. The number of hydrogen-bond acceptors (Lipinski definition) is 2. The van der Waals surface area contributed by atoms with E-state index in [-0.39, 0.29) is 0 Å². The number of benzene rings is 1. The van der Waals surface area contributed by atoms with Gasteiger partial charge < -0.3 is 11.5 Å².